The maximum absolute atomic E-state index is 13.1. The van der Waals surface area contributed by atoms with E-state index in [1.807, 2.05) is 0 Å². The second kappa shape index (κ2) is 3.28. The number of rotatable bonds is 0. The number of primary amides is 2. The van der Waals surface area contributed by atoms with E-state index >= 15 is 0 Å². The molecule has 0 unspecified atom stereocenters. The van der Waals surface area contributed by atoms with Gasteiger partial charge in [-0.25, -0.2) is 14.0 Å². The molecule has 0 bridgehead atoms. The predicted molar refractivity (Wildman–Crippen MR) is 54.4 cm³/mol. The van der Waals surface area contributed by atoms with Crippen molar-refractivity contribution in [1.29, 1.82) is 0 Å². The maximum atomic E-state index is 13.1. The largest absolute Gasteiger partial charge is 0.425 e. The molecule has 2 rings (SSSR count). The van der Waals surface area contributed by atoms with Gasteiger partial charge in [0.2, 0.25) is 0 Å². The highest BCUT2D eigenvalue weighted by Crippen LogP contribution is 2.22. The van der Waals surface area contributed by atoms with Gasteiger partial charge in [-0.15, -0.1) is 0 Å². The number of halogens is 2. The molecule has 1 aliphatic heterocycles. The zero-order valence-corrected chi connectivity index (χ0v) is 8.96. The van der Waals surface area contributed by atoms with Gasteiger partial charge in [0, 0.05) is 0 Å². The molecule has 3 amide bonds. The lowest BCUT2D eigenvalue weighted by molar-refractivity contribution is -0.446. The third kappa shape index (κ3) is 1.50. The van der Waals surface area contributed by atoms with Crippen LogP contribution in [0.3, 0.4) is 0 Å². The van der Waals surface area contributed by atoms with Crippen molar-refractivity contribution in [1.82, 2.24) is 0 Å². The number of benzene rings is 1. The minimum absolute atomic E-state index is 0.197. The standard InChI is InChI=1S/C8H4FIN2O2/c9-4-1-3-6(2-5(4)10)11-8(14)12-7(3)13/h1-2H,(H2,11,12,13,14)/p+1. The summed E-state index contributed by atoms with van der Waals surface area (Å²) in [5.41, 5.74) is 0.566. The van der Waals surface area contributed by atoms with Crippen molar-refractivity contribution in [2.75, 3.05) is 5.32 Å². The van der Waals surface area contributed by atoms with Gasteiger partial charge in [0.05, 0.1) is 9.26 Å². The fourth-order valence-corrected chi connectivity index (χ4v) is 1.69. The Morgan fingerprint density at radius 3 is 2.79 bits per heavy atom. The molecule has 0 saturated carbocycles. The molecular weight excluding hydrogens is 302 g/mol. The van der Waals surface area contributed by atoms with Gasteiger partial charge in [-0.05, 0) is 34.7 Å². The van der Waals surface area contributed by atoms with Gasteiger partial charge in [-0.3, -0.25) is 5.32 Å². The molecule has 14 heavy (non-hydrogen) atoms. The lowest BCUT2D eigenvalue weighted by atomic mass is 10.1. The maximum Gasteiger partial charge on any atom is 0.425 e. The van der Waals surface area contributed by atoms with Crippen LogP contribution in [0.1, 0.15) is 10.4 Å². The number of fused-ring (bicyclic) bond motifs is 1. The molecule has 0 aliphatic carbocycles. The number of hydrogen-bond acceptors (Lipinski definition) is 2. The van der Waals surface area contributed by atoms with E-state index in [-0.39, 0.29) is 5.56 Å². The van der Waals surface area contributed by atoms with E-state index < -0.39 is 17.8 Å². The summed E-state index contributed by atoms with van der Waals surface area (Å²) in [5, 5.41) is 3.38. The van der Waals surface area contributed by atoms with Crippen LogP contribution in [0.5, 0.6) is 0 Å². The molecule has 1 aliphatic rings. The summed E-state index contributed by atoms with van der Waals surface area (Å²) in [6.45, 7) is 0. The Kier molecular flexibility index (Phi) is 2.23. The topological polar surface area (TPSA) is 62.8 Å². The van der Waals surface area contributed by atoms with Gasteiger partial charge in [0.15, 0.2) is 0 Å². The van der Waals surface area contributed by atoms with Crippen LogP contribution in [0.25, 0.3) is 0 Å². The Morgan fingerprint density at radius 2 is 2.07 bits per heavy atom. The molecule has 3 N–H and O–H groups in total. The first-order valence-electron chi connectivity index (χ1n) is 3.77. The second-order valence-corrected chi connectivity index (χ2v) is 3.97. The summed E-state index contributed by atoms with van der Waals surface area (Å²) < 4.78 is 13.5. The van der Waals surface area contributed by atoms with Crippen molar-refractivity contribution in [3.8, 4) is 0 Å². The third-order valence-electron chi connectivity index (χ3n) is 1.85. The first kappa shape index (κ1) is 9.53. The number of imide groups is 1. The normalized spacial score (nSPS) is 15.0. The molecule has 1 heterocycles. The third-order valence-corrected chi connectivity index (χ3v) is 2.67. The summed E-state index contributed by atoms with van der Waals surface area (Å²) in [5.74, 6) is -0.915. The molecule has 72 valence electrons. The van der Waals surface area contributed by atoms with Crippen molar-refractivity contribution >= 4 is 40.2 Å². The summed E-state index contributed by atoms with van der Waals surface area (Å²) >= 11 is 1.80. The van der Waals surface area contributed by atoms with Crippen LogP contribution in [-0.4, -0.2) is 11.9 Å². The number of nitrogens with two attached hydrogens (primary N) is 1. The summed E-state index contributed by atoms with van der Waals surface area (Å²) in [6.07, 6.45) is 0. The molecule has 0 fully saturated rings. The average molecular weight is 307 g/mol. The average Bonchev–Trinajstić information content (AvgIpc) is 2.08. The zero-order chi connectivity index (χ0) is 10.3. The monoisotopic (exact) mass is 307 g/mol. The molecule has 0 atom stereocenters. The van der Waals surface area contributed by atoms with Gasteiger partial charge in [0.1, 0.15) is 11.4 Å². The van der Waals surface area contributed by atoms with E-state index in [0.29, 0.717) is 9.26 Å². The van der Waals surface area contributed by atoms with Crippen LogP contribution in [0.4, 0.5) is 14.9 Å². The quantitative estimate of drug-likeness (QED) is 0.692. The van der Waals surface area contributed by atoms with Crippen molar-refractivity contribution in [3.63, 3.8) is 0 Å². The SMILES string of the molecule is O=C1Nc2cc(I)c(F)cc2C(=O)[NH2+]1. The highest BCUT2D eigenvalue weighted by Gasteiger charge is 2.27. The summed E-state index contributed by atoms with van der Waals surface area (Å²) in [6, 6.07) is 2.11. The van der Waals surface area contributed by atoms with Crippen LogP contribution in [0, 0.1) is 9.39 Å². The van der Waals surface area contributed by atoms with Gasteiger partial charge in [-0.2, -0.15) is 5.32 Å². The van der Waals surface area contributed by atoms with Gasteiger partial charge >= 0.3 is 11.9 Å². The number of nitrogens with one attached hydrogen (secondary N) is 1. The molecular formula is C8H5FIN2O2+. The van der Waals surface area contributed by atoms with Gasteiger partial charge in [0.25, 0.3) is 0 Å². The number of anilines is 1. The van der Waals surface area contributed by atoms with Crippen LogP contribution < -0.4 is 10.6 Å². The lowest BCUT2D eigenvalue weighted by Crippen LogP contribution is -2.94. The lowest BCUT2D eigenvalue weighted by Gasteiger charge is -2.12. The molecule has 0 aromatic heterocycles. The van der Waals surface area contributed by atoms with E-state index in [4.69, 9.17) is 0 Å². The summed E-state index contributed by atoms with van der Waals surface area (Å²) in [7, 11) is 0. The fraction of sp³-hybridized carbons (Fsp3) is 0. The van der Waals surface area contributed by atoms with E-state index in [1.165, 1.54) is 6.07 Å². The minimum Gasteiger partial charge on any atom is -0.274 e. The van der Waals surface area contributed by atoms with Crippen molar-refractivity contribution in [2.45, 2.75) is 0 Å². The number of quaternary nitrogens is 1. The zero-order valence-electron chi connectivity index (χ0n) is 6.80. The smallest absolute Gasteiger partial charge is 0.274 e. The Morgan fingerprint density at radius 1 is 1.36 bits per heavy atom. The highest BCUT2D eigenvalue weighted by atomic mass is 127. The van der Waals surface area contributed by atoms with E-state index in [9.17, 15) is 14.0 Å². The Labute approximate surface area is 92.0 Å². The number of urea groups is 1. The molecule has 0 radical (unpaired) electrons. The van der Waals surface area contributed by atoms with Crippen molar-refractivity contribution < 1.29 is 19.3 Å². The van der Waals surface area contributed by atoms with E-state index in [0.717, 1.165) is 11.4 Å². The van der Waals surface area contributed by atoms with Crippen LogP contribution in [-0.2, 0) is 0 Å². The first-order chi connectivity index (χ1) is 6.58. The minimum atomic E-state index is -0.468. The Balaban J connectivity index is 2.60. The van der Waals surface area contributed by atoms with E-state index in [1.54, 1.807) is 22.6 Å². The Bertz CT molecular complexity index is 447. The molecule has 0 spiro atoms. The van der Waals surface area contributed by atoms with E-state index in [2.05, 4.69) is 5.32 Å². The van der Waals surface area contributed by atoms with Crippen LogP contribution in [0.2, 0.25) is 0 Å². The predicted octanol–water partition coefficient (Wildman–Crippen LogP) is 0.679. The van der Waals surface area contributed by atoms with Crippen LogP contribution >= 0.6 is 22.6 Å². The molecule has 4 nitrogen and oxygen atoms in total. The molecule has 6 heteroatoms. The molecule has 1 aromatic rings. The first-order valence-corrected chi connectivity index (χ1v) is 4.85. The molecule has 0 saturated heterocycles. The van der Waals surface area contributed by atoms with Crippen molar-refractivity contribution in [2.24, 2.45) is 0 Å². The Hall–Kier alpha value is -1.02. The van der Waals surface area contributed by atoms with Crippen molar-refractivity contribution in [3.05, 3.63) is 27.1 Å². The van der Waals surface area contributed by atoms with Gasteiger partial charge < -0.3 is 0 Å². The number of amides is 3. The second-order valence-electron chi connectivity index (χ2n) is 2.81. The number of carbonyl (C=O) groups excluding carboxylic acids is 2. The fourth-order valence-electron chi connectivity index (χ4n) is 1.22. The number of hydrogen-bond donors (Lipinski definition) is 2. The highest BCUT2D eigenvalue weighted by molar-refractivity contribution is 14.1. The van der Waals surface area contributed by atoms with Gasteiger partial charge in [-0.1, -0.05) is 0 Å². The van der Waals surface area contributed by atoms with Crippen LogP contribution in [0.15, 0.2) is 12.1 Å². The molecule has 1 aromatic carbocycles. The number of carbonyl (C=O) groups is 2. The summed E-state index contributed by atoms with van der Waals surface area (Å²) in [4.78, 5) is 22.2.